The van der Waals surface area contributed by atoms with Gasteiger partial charge in [0, 0.05) is 6.04 Å². The first-order valence-corrected chi connectivity index (χ1v) is 6.58. The van der Waals surface area contributed by atoms with Crippen LogP contribution in [0.15, 0.2) is 30.3 Å². The van der Waals surface area contributed by atoms with Gasteiger partial charge in [-0.05, 0) is 30.2 Å². The molecule has 1 aliphatic rings. The van der Waals surface area contributed by atoms with Gasteiger partial charge >= 0.3 is 0 Å². The van der Waals surface area contributed by atoms with Crippen molar-refractivity contribution in [3.63, 3.8) is 0 Å². The van der Waals surface area contributed by atoms with E-state index < -0.39 is 0 Å². The molecule has 0 aromatic heterocycles. The molecule has 1 saturated carbocycles. The molecule has 0 bridgehead atoms. The first-order valence-electron chi connectivity index (χ1n) is 6.58. The van der Waals surface area contributed by atoms with Crippen molar-refractivity contribution < 1.29 is 4.74 Å². The molecule has 0 amide bonds. The van der Waals surface area contributed by atoms with E-state index in [1.54, 1.807) is 0 Å². The van der Waals surface area contributed by atoms with Gasteiger partial charge in [-0.2, -0.15) is 0 Å². The third-order valence-electron chi connectivity index (χ3n) is 3.72. The highest BCUT2D eigenvalue weighted by atomic mass is 16.5. The molecule has 2 nitrogen and oxygen atoms in total. The summed E-state index contributed by atoms with van der Waals surface area (Å²) in [6.45, 7) is 5.22. The zero-order valence-corrected chi connectivity index (χ0v) is 10.8. The van der Waals surface area contributed by atoms with Crippen LogP contribution in [0.5, 0.6) is 0 Å². The van der Waals surface area contributed by atoms with Gasteiger partial charge in [0.05, 0.1) is 12.7 Å². The highest BCUT2D eigenvalue weighted by Gasteiger charge is 2.32. The zero-order valence-electron chi connectivity index (χ0n) is 10.8. The van der Waals surface area contributed by atoms with Gasteiger partial charge < -0.3 is 10.5 Å². The summed E-state index contributed by atoms with van der Waals surface area (Å²) in [6.07, 6.45) is 2.53. The second-order valence-electron chi connectivity index (χ2n) is 5.48. The fraction of sp³-hybridized carbons (Fsp3) is 0.600. The summed E-state index contributed by atoms with van der Waals surface area (Å²) < 4.78 is 6.02. The maximum absolute atomic E-state index is 6.20. The summed E-state index contributed by atoms with van der Waals surface area (Å²) >= 11 is 0. The summed E-state index contributed by atoms with van der Waals surface area (Å²) in [7, 11) is 0. The normalized spacial score (nSPS) is 33.6. The summed E-state index contributed by atoms with van der Waals surface area (Å²) in [6, 6.07) is 10.5. The molecule has 4 unspecified atom stereocenters. The number of nitrogens with two attached hydrogens (primary N) is 1. The first-order chi connectivity index (χ1) is 8.16. The number of rotatable bonds is 3. The predicted molar refractivity (Wildman–Crippen MR) is 70.6 cm³/mol. The fourth-order valence-electron chi connectivity index (χ4n) is 2.94. The van der Waals surface area contributed by atoms with Crippen molar-refractivity contribution in [3.05, 3.63) is 35.9 Å². The van der Waals surface area contributed by atoms with Crippen LogP contribution in [0.2, 0.25) is 0 Å². The Hall–Kier alpha value is -0.860. The standard InChI is InChI=1S/C15H23NO/c1-11-8-12(2)15(14(16)9-11)17-10-13-6-4-3-5-7-13/h3-7,11-12,14-15H,8-10,16H2,1-2H3. The molecule has 0 aliphatic heterocycles. The smallest absolute Gasteiger partial charge is 0.0756 e. The third kappa shape index (κ3) is 3.30. The van der Waals surface area contributed by atoms with E-state index in [4.69, 9.17) is 10.5 Å². The lowest BCUT2D eigenvalue weighted by Crippen LogP contribution is -2.46. The molecular formula is C15H23NO. The van der Waals surface area contributed by atoms with E-state index in [1.807, 2.05) is 18.2 Å². The minimum Gasteiger partial charge on any atom is -0.372 e. The van der Waals surface area contributed by atoms with Gasteiger partial charge in [-0.15, -0.1) is 0 Å². The average molecular weight is 233 g/mol. The van der Waals surface area contributed by atoms with Gasteiger partial charge in [0.1, 0.15) is 0 Å². The lowest BCUT2D eigenvalue weighted by Gasteiger charge is -2.37. The molecule has 0 radical (unpaired) electrons. The molecule has 1 aliphatic carbocycles. The molecule has 1 aromatic carbocycles. The summed E-state index contributed by atoms with van der Waals surface area (Å²) in [5.41, 5.74) is 7.43. The van der Waals surface area contributed by atoms with E-state index in [9.17, 15) is 0 Å². The van der Waals surface area contributed by atoms with Crippen molar-refractivity contribution in [1.82, 2.24) is 0 Å². The van der Waals surface area contributed by atoms with Crippen molar-refractivity contribution in [3.8, 4) is 0 Å². The van der Waals surface area contributed by atoms with Crippen LogP contribution in [0.4, 0.5) is 0 Å². The van der Waals surface area contributed by atoms with E-state index >= 15 is 0 Å². The van der Waals surface area contributed by atoms with Gasteiger partial charge in [0.25, 0.3) is 0 Å². The van der Waals surface area contributed by atoms with Gasteiger partial charge in [-0.25, -0.2) is 0 Å². The topological polar surface area (TPSA) is 35.2 Å². The van der Waals surface area contributed by atoms with Gasteiger partial charge in [0.2, 0.25) is 0 Å². The largest absolute Gasteiger partial charge is 0.372 e. The third-order valence-corrected chi connectivity index (χ3v) is 3.72. The Labute approximate surface area is 104 Å². The highest BCUT2D eigenvalue weighted by molar-refractivity contribution is 5.13. The van der Waals surface area contributed by atoms with Gasteiger partial charge in [-0.1, -0.05) is 44.2 Å². The molecule has 0 heterocycles. The number of hydrogen-bond donors (Lipinski definition) is 1. The van der Waals surface area contributed by atoms with Gasteiger partial charge in [-0.3, -0.25) is 0 Å². The fourth-order valence-corrected chi connectivity index (χ4v) is 2.94. The zero-order chi connectivity index (χ0) is 12.3. The van der Waals surface area contributed by atoms with E-state index in [0.717, 1.165) is 12.3 Å². The summed E-state index contributed by atoms with van der Waals surface area (Å²) in [4.78, 5) is 0. The Morgan fingerprint density at radius 3 is 2.53 bits per heavy atom. The molecule has 0 saturated heterocycles. The van der Waals surface area contributed by atoms with Crippen molar-refractivity contribution in [1.29, 1.82) is 0 Å². The van der Waals surface area contributed by atoms with Crippen LogP contribution in [0.25, 0.3) is 0 Å². The SMILES string of the molecule is CC1CC(C)C(OCc2ccccc2)C(N)C1. The summed E-state index contributed by atoms with van der Waals surface area (Å²) in [5, 5.41) is 0. The first kappa shape index (κ1) is 12.6. The van der Waals surface area contributed by atoms with Crippen LogP contribution in [0.1, 0.15) is 32.3 Å². The molecule has 2 rings (SSSR count). The second kappa shape index (κ2) is 5.65. The summed E-state index contributed by atoms with van der Waals surface area (Å²) in [5.74, 6) is 1.30. The Morgan fingerprint density at radius 2 is 1.88 bits per heavy atom. The monoisotopic (exact) mass is 233 g/mol. The second-order valence-corrected chi connectivity index (χ2v) is 5.48. The molecule has 17 heavy (non-hydrogen) atoms. The Balaban J connectivity index is 1.90. The number of hydrogen-bond acceptors (Lipinski definition) is 2. The quantitative estimate of drug-likeness (QED) is 0.871. The minimum atomic E-state index is 0.192. The Bertz CT molecular complexity index is 326. The van der Waals surface area contributed by atoms with Crippen LogP contribution in [-0.4, -0.2) is 12.1 Å². The van der Waals surface area contributed by atoms with Crippen LogP contribution in [-0.2, 0) is 11.3 Å². The van der Waals surface area contributed by atoms with Crippen molar-refractivity contribution in [2.45, 2.75) is 45.4 Å². The molecular weight excluding hydrogens is 210 g/mol. The van der Waals surface area contributed by atoms with Crippen LogP contribution in [0.3, 0.4) is 0 Å². The predicted octanol–water partition coefficient (Wildman–Crippen LogP) is 2.97. The van der Waals surface area contributed by atoms with Crippen LogP contribution >= 0.6 is 0 Å². The van der Waals surface area contributed by atoms with E-state index in [2.05, 4.69) is 26.0 Å². The molecule has 1 aromatic rings. The number of ether oxygens (including phenoxy) is 1. The van der Waals surface area contributed by atoms with Crippen molar-refractivity contribution in [2.24, 2.45) is 17.6 Å². The highest BCUT2D eigenvalue weighted by Crippen LogP contribution is 2.30. The van der Waals surface area contributed by atoms with Gasteiger partial charge in [0.15, 0.2) is 0 Å². The molecule has 94 valence electrons. The molecule has 2 heteroatoms. The van der Waals surface area contributed by atoms with Crippen molar-refractivity contribution in [2.75, 3.05) is 0 Å². The Kier molecular flexibility index (Phi) is 4.19. The lowest BCUT2D eigenvalue weighted by atomic mass is 9.78. The van der Waals surface area contributed by atoms with Crippen LogP contribution < -0.4 is 5.73 Å². The van der Waals surface area contributed by atoms with E-state index in [0.29, 0.717) is 12.5 Å². The minimum absolute atomic E-state index is 0.192. The average Bonchev–Trinajstić information content (AvgIpc) is 2.29. The molecule has 4 atom stereocenters. The molecule has 2 N–H and O–H groups in total. The molecule has 0 spiro atoms. The lowest BCUT2D eigenvalue weighted by molar-refractivity contribution is -0.0377. The van der Waals surface area contributed by atoms with Crippen molar-refractivity contribution >= 4 is 0 Å². The molecule has 1 fully saturated rings. The maximum Gasteiger partial charge on any atom is 0.0756 e. The van der Waals surface area contributed by atoms with E-state index in [-0.39, 0.29) is 12.1 Å². The Morgan fingerprint density at radius 1 is 1.18 bits per heavy atom. The van der Waals surface area contributed by atoms with Crippen LogP contribution in [0, 0.1) is 11.8 Å². The number of benzene rings is 1. The maximum atomic E-state index is 6.20. The van der Waals surface area contributed by atoms with E-state index in [1.165, 1.54) is 12.0 Å².